The van der Waals surface area contributed by atoms with Crippen molar-refractivity contribution in [2.24, 2.45) is 5.41 Å². The summed E-state index contributed by atoms with van der Waals surface area (Å²) in [5, 5.41) is 12.4. The van der Waals surface area contributed by atoms with Gasteiger partial charge in [0.2, 0.25) is 0 Å². The molecule has 0 aliphatic carbocycles. The second-order valence-corrected chi connectivity index (χ2v) is 6.69. The molecule has 1 N–H and O–H groups in total. The summed E-state index contributed by atoms with van der Waals surface area (Å²) < 4.78 is 0. The van der Waals surface area contributed by atoms with Crippen LogP contribution in [0.25, 0.3) is 0 Å². The van der Waals surface area contributed by atoms with Crippen molar-refractivity contribution in [3.05, 3.63) is 0 Å². The summed E-state index contributed by atoms with van der Waals surface area (Å²) in [5.41, 5.74) is -0.149. The molecule has 0 saturated carbocycles. The summed E-state index contributed by atoms with van der Waals surface area (Å²) in [4.78, 5) is 0. The van der Waals surface area contributed by atoms with Crippen molar-refractivity contribution in [1.82, 2.24) is 5.32 Å². The molecule has 0 saturated heterocycles. The summed E-state index contributed by atoms with van der Waals surface area (Å²) in [6.45, 7) is 9.59. The van der Waals surface area contributed by atoms with Crippen LogP contribution in [0.2, 0.25) is 0 Å². The average molecular weight is 256 g/mol. The van der Waals surface area contributed by atoms with E-state index in [9.17, 15) is 0 Å². The topological polar surface area (TPSA) is 35.8 Å². The molecule has 100 valence electrons. The molecule has 0 spiro atoms. The highest BCUT2D eigenvalue weighted by Crippen LogP contribution is 2.21. The normalized spacial score (nSPS) is 13.4. The zero-order valence-electron chi connectivity index (χ0n) is 11.9. The lowest BCUT2D eigenvalue weighted by Gasteiger charge is -2.16. The van der Waals surface area contributed by atoms with Gasteiger partial charge >= 0.3 is 0 Å². The molecule has 0 bridgehead atoms. The highest BCUT2D eigenvalue weighted by Gasteiger charge is 2.15. The van der Waals surface area contributed by atoms with Crippen LogP contribution < -0.4 is 5.32 Å². The van der Waals surface area contributed by atoms with Crippen molar-refractivity contribution in [1.29, 1.82) is 5.26 Å². The highest BCUT2D eigenvalue weighted by atomic mass is 32.2. The van der Waals surface area contributed by atoms with Crippen LogP contribution in [-0.4, -0.2) is 24.1 Å². The van der Waals surface area contributed by atoms with Gasteiger partial charge < -0.3 is 5.32 Å². The largest absolute Gasteiger partial charge is 0.314 e. The van der Waals surface area contributed by atoms with E-state index < -0.39 is 0 Å². The van der Waals surface area contributed by atoms with Gasteiger partial charge in [0, 0.05) is 6.04 Å². The van der Waals surface area contributed by atoms with Gasteiger partial charge in [0.1, 0.15) is 0 Å². The van der Waals surface area contributed by atoms with Crippen molar-refractivity contribution < 1.29 is 0 Å². The Labute approximate surface area is 112 Å². The Morgan fingerprint density at radius 3 is 2.65 bits per heavy atom. The Morgan fingerprint density at radius 1 is 1.35 bits per heavy atom. The molecule has 2 nitrogen and oxygen atoms in total. The zero-order chi connectivity index (χ0) is 13.1. The van der Waals surface area contributed by atoms with Gasteiger partial charge in [-0.25, -0.2) is 0 Å². The molecular weight excluding hydrogens is 228 g/mol. The third-order valence-electron chi connectivity index (χ3n) is 2.92. The van der Waals surface area contributed by atoms with Gasteiger partial charge in [-0.15, -0.1) is 0 Å². The van der Waals surface area contributed by atoms with E-state index in [1.54, 1.807) is 0 Å². The first-order valence-electron chi connectivity index (χ1n) is 6.74. The van der Waals surface area contributed by atoms with Crippen molar-refractivity contribution in [2.45, 2.75) is 59.4 Å². The fourth-order valence-corrected chi connectivity index (χ4v) is 2.41. The van der Waals surface area contributed by atoms with E-state index in [2.05, 4.69) is 25.2 Å². The number of thioether (sulfide) groups is 1. The lowest BCUT2D eigenvalue weighted by Crippen LogP contribution is -2.27. The van der Waals surface area contributed by atoms with Gasteiger partial charge in [0.05, 0.1) is 11.5 Å². The fraction of sp³-hybridized carbons (Fsp3) is 0.929. The van der Waals surface area contributed by atoms with Crippen LogP contribution in [-0.2, 0) is 0 Å². The van der Waals surface area contributed by atoms with Gasteiger partial charge in [-0.05, 0) is 58.1 Å². The van der Waals surface area contributed by atoms with Crippen molar-refractivity contribution >= 4 is 11.8 Å². The second-order valence-electron chi connectivity index (χ2n) is 5.29. The minimum Gasteiger partial charge on any atom is -0.314 e. The standard InChI is InChI=1S/C14H28N2S/c1-5-17-11-8-13(2)16-10-7-6-9-14(3,4)12-15/h13,16H,5-11H2,1-4H3. The number of rotatable bonds is 10. The molecule has 0 radical (unpaired) electrons. The number of nitrogens with zero attached hydrogens (tertiary/aromatic N) is 1. The molecule has 1 unspecified atom stereocenters. The number of unbranched alkanes of at least 4 members (excludes halogenated alkanes) is 1. The predicted molar refractivity (Wildman–Crippen MR) is 78.3 cm³/mol. The minimum atomic E-state index is -0.149. The molecular formula is C14H28N2S. The smallest absolute Gasteiger partial charge is 0.0683 e. The van der Waals surface area contributed by atoms with E-state index in [0.717, 1.165) is 19.4 Å². The summed E-state index contributed by atoms with van der Waals surface area (Å²) in [6, 6.07) is 2.98. The molecule has 0 aromatic heterocycles. The third kappa shape index (κ3) is 10.7. The van der Waals surface area contributed by atoms with Crippen molar-refractivity contribution in [2.75, 3.05) is 18.1 Å². The first-order chi connectivity index (χ1) is 8.02. The molecule has 0 fully saturated rings. The molecule has 0 aromatic rings. The SMILES string of the molecule is CCSCCC(C)NCCCCC(C)(C)C#N. The first kappa shape index (κ1) is 16.8. The van der Waals surface area contributed by atoms with Gasteiger partial charge in [-0.3, -0.25) is 0 Å². The Hall–Kier alpha value is -0.200. The van der Waals surface area contributed by atoms with Gasteiger partial charge in [-0.1, -0.05) is 13.3 Å². The van der Waals surface area contributed by atoms with Crippen LogP contribution in [0.4, 0.5) is 0 Å². The molecule has 0 heterocycles. The molecule has 0 amide bonds. The van der Waals surface area contributed by atoms with E-state index in [0.29, 0.717) is 6.04 Å². The number of nitriles is 1. The van der Waals surface area contributed by atoms with E-state index in [1.165, 1.54) is 24.3 Å². The molecule has 1 atom stereocenters. The number of nitrogens with one attached hydrogen (secondary N) is 1. The maximum atomic E-state index is 8.89. The molecule has 0 aliphatic rings. The van der Waals surface area contributed by atoms with Crippen LogP contribution in [0.3, 0.4) is 0 Å². The molecule has 0 rings (SSSR count). The van der Waals surface area contributed by atoms with E-state index in [1.807, 2.05) is 25.6 Å². The summed E-state index contributed by atoms with van der Waals surface area (Å²) in [5.74, 6) is 2.47. The minimum absolute atomic E-state index is 0.149. The van der Waals surface area contributed by atoms with E-state index >= 15 is 0 Å². The van der Waals surface area contributed by atoms with Crippen molar-refractivity contribution in [3.8, 4) is 6.07 Å². The molecule has 17 heavy (non-hydrogen) atoms. The van der Waals surface area contributed by atoms with Crippen LogP contribution in [0.15, 0.2) is 0 Å². The van der Waals surface area contributed by atoms with Crippen molar-refractivity contribution in [3.63, 3.8) is 0 Å². The quantitative estimate of drug-likeness (QED) is 0.603. The average Bonchev–Trinajstić information content (AvgIpc) is 2.29. The van der Waals surface area contributed by atoms with Gasteiger partial charge in [0.25, 0.3) is 0 Å². The fourth-order valence-electron chi connectivity index (χ4n) is 1.60. The van der Waals surface area contributed by atoms with Crippen LogP contribution in [0.1, 0.15) is 53.4 Å². The Morgan fingerprint density at radius 2 is 2.06 bits per heavy atom. The van der Waals surface area contributed by atoms with E-state index in [4.69, 9.17) is 5.26 Å². The monoisotopic (exact) mass is 256 g/mol. The van der Waals surface area contributed by atoms with Crippen LogP contribution in [0.5, 0.6) is 0 Å². The van der Waals surface area contributed by atoms with Crippen LogP contribution in [0, 0.1) is 16.7 Å². The number of hydrogen-bond donors (Lipinski definition) is 1. The Balaban J connectivity index is 3.37. The summed E-state index contributed by atoms with van der Waals surface area (Å²) in [7, 11) is 0. The summed E-state index contributed by atoms with van der Waals surface area (Å²) >= 11 is 2.01. The maximum absolute atomic E-state index is 8.89. The van der Waals surface area contributed by atoms with Crippen LogP contribution >= 0.6 is 11.8 Å². The Kier molecular flexibility index (Phi) is 9.68. The summed E-state index contributed by atoms with van der Waals surface area (Å²) in [6.07, 6.45) is 4.58. The predicted octanol–water partition coefficient (Wildman–Crippen LogP) is 3.83. The third-order valence-corrected chi connectivity index (χ3v) is 3.86. The number of hydrogen-bond acceptors (Lipinski definition) is 3. The first-order valence-corrected chi connectivity index (χ1v) is 7.89. The Bertz CT molecular complexity index is 221. The van der Waals surface area contributed by atoms with Gasteiger partial charge in [-0.2, -0.15) is 17.0 Å². The van der Waals surface area contributed by atoms with Gasteiger partial charge in [0.15, 0.2) is 0 Å². The lowest BCUT2D eigenvalue weighted by atomic mass is 9.89. The maximum Gasteiger partial charge on any atom is 0.0683 e. The molecule has 0 aromatic carbocycles. The highest BCUT2D eigenvalue weighted by molar-refractivity contribution is 7.99. The molecule has 0 aliphatic heterocycles. The van der Waals surface area contributed by atoms with E-state index in [-0.39, 0.29) is 5.41 Å². The lowest BCUT2D eigenvalue weighted by molar-refractivity contribution is 0.416. The second kappa shape index (κ2) is 9.79. The zero-order valence-corrected chi connectivity index (χ0v) is 12.7. The molecule has 3 heteroatoms.